The smallest absolute Gasteiger partial charge is 0.327 e. The van der Waals surface area contributed by atoms with Crippen LogP contribution in [0.1, 0.15) is 19.3 Å². The van der Waals surface area contributed by atoms with Crippen molar-refractivity contribution in [2.45, 2.75) is 25.3 Å². The Morgan fingerprint density at radius 3 is 2.32 bits per heavy atom. The molecule has 5 rings (SSSR count). The van der Waals surface area contributed by atoms with Crippen molar-refractivity contribution in [1.29, 1.82) is 0 Å². The van der Waals surface area contributed by atoms with Crippen molar-refractivity contribution in [3.05, 3.63) is 42.5 Å². The Balaban J connectivity index is 1.12. The van der Waals surface area contributed by atoms with Gasteiger partial charge in [-0.05, 0) is 61.2 Å². The van der Waals surface area contributed by atoms with E-state index in [2.05, 4.69) is 5.32 Å². The molecule has 3 heterocycles. The van der Waals surface area contributed by atoms with E-state index in [-0.39, 0.29) is 25.6 Å². The van der Waals surface area contributed by atoms with Crippen LogP contribution < -0.4 is 10.1 Å². The van der Waals surface area contributed by atoms with Crippen molar-refractivity contribution in [2.75, 3.05) is 45.9 Å². The molecule has 3 aliphatic heterocycles. The summed E-state index contributed by atoms with van der Waals surface area (Å²) in [5.74, 6) is -1.49. The van der Waals surface area contributed by atoms with Gasteiger partial charge in [0.2, 0.25) is 5.91 Å². The molecule has 3 saturated heterocycles. The predicted octanol–water partition coefficient (Wildman–Crippen LogP) is 1.78. The van der Waals surface area contributed by atoms with Crippen LogP contribution in [0.15, 0.2) is 42.5 Å². The van der Waals surface area contributed by atoms with Gasteiger partial charge in [-0.15, -0.1) is 0 Å². The number of imide groups is 1. The zero-order valence-electron chi connectivity index (χ0n) is 20.7. The van der Waals surface area contributed by atoms with Crippen LogP contribution in [0.25, 0.3) is 10.8 Å². The summed E-state index contributed by atoms with van der Waals surface area (Å²) in [6, 6.07) is 11.8. The summed E-state index contributed by atoms with van der Waals surface area (Å²) >= 11 is 0. The molecule has 0 bridgehead atoms. The summed E-state index contributed by atoms with van der Waals surface area (Å²) in [5, 5.41) is 15.1. The number of carbonyl (C=O) groups excluding carboxylic acids is 3. The summed E-state index contributed by atoms with van der Waals surface area (Å²) in [6.07, 6.45) is 2.32. The summed E-state index contributed by atoms with van der Waals surface area (Å²) in [5.41, 5.74) is 0. The zero-order chi connectivity index (χ0) is 25.9. The van der Waals surface area contributed by atoms with Crippen LogP contribution in [0.4, 0.5) is 4.79 Å². The van der Waals surface area contributed by atoms with E-state index in [0.29, 0.717) is 31.2 Å². The van der Waals surface area contributed by atoms with Crippen molar-refractivity contribution in [3.63, 3.8) is 0 Å². The van der Waals surface area contributed by atoms with E-state index < -0.39 is 29.9 Å². The Kier molecular flexibility index (Phi) is 7.27. The van der Waals surface area contributed by atoms with Crippen molar-refractivity contribution >= 4 is 34.6 Å². The molecule has 0 radical (unpaired) electrons. The van der Waals surface area contributed by atoms with Gasteiger partial charge in [0.05, 0.1) is 5.92 Å². The molecule has 0 aromatic heterocycles. The Morgan fingerprint density at radius 2 is 1.62 bits per heavy atom. The molecule has 2 aromatic rings. The number of benzene rings is 2. The molecule has 10 heteroatoms. The average Bonchev–Trinajstić information content (AvgIpc) is 2.93. The largest absolute Gasteiger partial charge is 0.484 e. The highest BCUT2D eigenvalue weighted by Gasteiger charge is 2.56. The van der Waals surface area contributed by atoms with Crippen LogP contribution >= 0.6 is 0 Å². The van der Waals surface area contributed by atoms with E-state index in [0.717, 1.165) is 41.6 Å². The molecule has 2 N–H and O–H groups in total. The molecule has 0 aliphatic carbocycles. The van der Waals surface area contributed by atoms with Crippen LogP contribution in [0.2, 0.25) is 0 Å². The minimum atomic E-state index is -1.15. The first-order valence-electron chi connectivity index (χ1n) is 12.9. The zero-order valence-corrected chi connectivity index (χ0v) is 20.7. The first-order valence-corrected chi connectivity index (χ1v) is 12.9. The van der Waals surface area contributed by atoms with Crippen molar-refractivity contribution in [3.8, 4) is 5.75 Å². The van der Waals surface area contributed by atoms with Crippen LogP contribution in [0, 0.1) is 11.8 Å². The van der Waals surface area contributed by atoms with Crippen molar-refractivity contribution in [1.82, 2.24) is 20.0 Å². The van der Waals surface area contributed by atoms with Gasteiger partial charge in [0.1, 0.15) is 5.75 Å². The quantitative estimate of drug-likeness (QED) is 0.571. The second-order valence-electron chi connectivity index (χ2n) is 9.97. The number of aliphatic carboxylic acids is 1. The number of likely N-dealkylation sites (tertiary alicyclic amines) is 1. The van der Waals surface area contributed by atoms with Gasteiger partial charge in [0.25, 0.3) is 5.91 Å². The molecule has 196 valence electrons. The van der Waals surface area contributed by atoms with Gasteiger partial charge in [-0.1, -0.05) is 30.3 Å². The van der Waals surface area contributed by atoms with Gasteiger partial charge in [0, 0.05) is 26.2 Å². The number of fused-ring (bicyclic) bond motifs is 1. The summed E-state index contributed by atoms with van der Waals surface area (Å²) in [4.78, 5) is 54.5. The highest BCUT2D eigenvalue weighted by Crippen LogP contribution is 2.35. The van der Waals surface area contributed by atoms with Gasteiger partial charge in [-0.3, -0.25) is 9.59 Å². The maximum atomic E-state index is 13.1. The standard InChI is InChI=1S/C27H32N4O6/c32-23(17-37-21-6-5-19-3-1-2-4-20(19)16-21)29-11-13-30(14-12-29)27(36)31-24(26(34)35)22(25(31)33)15-18-7-9-28-10-8-18/h1-6,16,18,22,24,28H,7-15,17H2,(H,34,35)/t22-,24+/m1/s1. The number of hydrogen-bond donors (Lipinski definition) is 2. The monoisotopic (exact) mass is 508 g/mol. The maximum Gasteiger partial charge on any atom is 0.327 e. The van der Waals surface area contributed by atoms with E-state index in [9.17, 15) is 24.3 Å². The van der Waals surface area contributed by atoms with Crippen LogP contribution in [-0.2, 0) is 14.4 Å². The lowest BCUT2D eigenvalue weighted by Crippen LogP contribution is -2.69. The van der Waals surface area contributed by atoms with Crippen LogP contribution in [-0.4, -0.2) is 95.5 Å². The van der Waals surface area contributed by atoms with Gasteiger partial charge in [0.15, 0.2) is 12.6 Å². The normalized spacial score (nSPS) is 22.6. The summed E-state index contributed by atoms with van der Waals surface area (Å²) in [6.45, 7) is 2.67. The van der Waals surface area contributed by atoms with E-state index in [1.54, 1.807) is 4.90 Å². The second-order valence-corrected chi connectivity index (χ2v) is 9.97. The Morgan fingerprint density at radius 1 is 0.946 bits per heavy atom. The predicted molar refractivity (Wildman–Crippen MR) is 135 cm³/mol. The number of β-lactam (4-membered cyclic amide) rings is 1. The number of piperidine rings is 1. The number of piperazine rings is 1. The third-order valence-electron chi connectivity index (χ3n) is 7.71. The lowest BCUT2D eigenvalue weighted by Gasteiger charge is -2.47. The number of carboxylic acids is 1. The fraction of sp³-hybridized carbons (Fsp3) is 0.481. The molecule has 37 heavy (non-hydrogen) atoms. The molecular weight excluding hydrogens is 476 g/mol. The number of hydrogen-bond acceptors (Lipinski definition) is 6. The van der Waals surface area contributed by atoms with Crippen molar-refractivity contribution < 1.29 is 29.0 Å². The fourth-order valence-electron chi connectivity index (χ4n) is 5.54. The lowest BCUT2D eigenvalue weighted by atomic mass is 9.78. The summed E-state index contributed by atoms with van der Waals surface area (Å²) < 4.78 is 5.70. The van der Waals surface area contributed by atoms with Crippen LogP contribution in [0.5, 0.6) is 5.75 Å². The van der Waals surface area contributed by atoms with Gasteiger partial charge in [-0.2, -0.15) is 0 Å². The number of carbonyl (C=O) groups is 4. The SMILES string of the molecule is O=C(O)[C@@H]1[C@@H](CC2CCNCC2)C(=O)N1C(=O)N1CCN(C(=O)COc2ccc3ccccc3c2)CC1. The molecular formula is C27H32N4O6. The molecule has 0 spiro atoms. The number of amides is 4. The van der Waals surface area contributed by atoms with Crippen molar-refractivity contribution in [2.24, 2.45) is 11.8 Å². The third kappa shape index (κ3) is 5.24. The first kappa shape index (κ1) is 25.0. The molecule has 0 saturated carbocycles. The number of nitrogens with one attached hydrogen (secondary N) is 1. The number of nitrogens with zero attached hydrogens (tertiary/aromatic N) is 3. The van der Waals surface area contributed by atoms with E-state index >= 15 is 0 Å². The maximum absolute atomic E-state index is 13.1. The Bertz CT molecular complexity index is 1190. The van der Waals surface area contributed by atoms with E-state index in [1.165, 1.54) is 4.90 Å². The highest BCUT2D eigenvalue weighted by molar-refractivity contribution is 6.07. The molecule has 0 unspecified atom stereocenters. The topological polar surface area (TPSA) is 119 Å². The first-order chi connectivity index (χ1) is 17.9. The fourth-order valence-corrected chi connectivity index (χ4v) is 5.54. The highest BCUT2D eigenvalue weighted by atomic mass is 16.5. The van der Waals surface area contributed by atoms with Gasteiger partial charge >= 0.3 is 12.0 Å². The van der Waals surface area contributed by atoms with Crippen LogP contribution in [0.3, 0.4) is 0 Å². The molecule has 3 aliphatic rings. The summed E-state index contributed by atoms with van der Waals surface area (Å²) in [7, 11) is 0. The third-order valence-corrected chi connectivity index (χ3v) is 7.71. The lowest BCUT2D eigenvalue weighted by molar-refractivity contribution is -0.167. The average molecular weight is 509 g/mol. The van der Waals surface area contributed by atoms with Gasteiger partial charge in [-0.25, -0.2) is 14.5 Å². The molecule has 10 nitrogen and oxygen atoms in total. The number of ether oxygens (including phenoxy) is 1. The number of rotatable bonds is 6. The Labute approximate surface area is 215 Å². The number of urea groups is 1. The Hall–Kier alpha value is -3.66. The minimum absolute atomic E-state index is 0.115. The second kappa shape index (κ2) is 10.8. The molecule has 4 amide bonds. The van der Waals surface area contributed by atoms with Gasteiger partial charge < -0.3 is 25.0 Å². The molecule has 2 atom stereocenters. The van der Waals surface area contributed by atoms with E-state index in [4.69, 9.17) is 4.74 Å². The number of carboxylic acid groups (broad SMARTS) is 1. The minimum Gasteiger partial charge on any atom is -0.484 e. The molecule has 2 aromatic carbocycles. The molecule has 3 fully saturated rings. The van der Waals surface area contributed by atoms with E-state index in [1.807, 2.05) is 42.5 Å².